The van der Waals surface area contributed by atoms with Crippen molar-refractivity contribution in [3.8, 4) is 11.1 Å². The summed E-state index contributed by atoms with van der Waals surface area (Å²) in [6.07, 6.45) is -0.00788. The summed E-state index contributed by atoms with van der Waals surface area (Å²) >= 11 is 0. The Hall–Kier alpha value is -3.03. The van der Waals surface area contributed by atoms with Crippen molar-refractivity contribution in [1.82, 2.24) is 5.32 Å². The monoisotopic (exact) mass is 398 g/mol. The van der Waals surface area contributed by atoms with Gasteiger partial charge in [0.05, 0.1) is 12.2 Å². The fourth-order valence-corrected chi connectivity index (χ4v) is 2.70. The normalized spacial score (nSPS) is 12.2. The number of esters is 2. The quantitative estimate of drug-likeness (QED) is 0.439. The average Bonchev–Trinajstić information content (AvgIpc) is 2.71. The number of ether oxygens (including phenoxy) is 1. The summed E-state index contributed by atoms with van der Waals surface area (Å²) in [7, 11) is 0. The van der Waals surface area contributed by atoms with Crippen LogP contribution < -0.4 is 11.1 Å². The molecule has 0 bridgehead atoms. The molecule has 7 nitrogen and oxygen atoms in total. The van der Waals surface area contributed by atoms with E-state index >= 15 is 0 Å². The van der Waals surface area contributed by atoms with Gasteiger partial charge in [0.1, 0.15) is 6.04 Å². The van der Waals surface area contributed by atoms with Crippen LogP contribution in [0, 0.1) is 0 Å². The molecular weight excluding hydrogens is 372 g/mol. The highest BCUT2D eigenvalue weighted by Crippen LogP contribution is 2.19. The summed E-state index contributed by atoms with van der Waals surface area (Å²) in [5.41, 5.74) is 6.52. The predicted molar refractivity (Wildman–Crippen MR) is 109 cm³/mol. The van der Waals surface area contributed by atoms with Crippen LogP contribution in [-0.4, -0.2) is 41.1 Å². The number of rotatable bonds is 9. The summed E-state index contributed by atoms with van der Waals surface area (Å²) in [6.45, 7) is 3.12. The topological polar surface area (TPSA) is 119 Å². The van der Waals surface area contributed by atoms with Gasteiger partial charge in [0, 0.05) is 12.0 Å². The van der Waals surface area contributed by atoms with E-state index in [2.05, 4.69) is 5.32 Å². The number of primary amides is 1. The van der Waals surface area contributed by atoms with Gasteiger partial charge >= 0.3 is 11.9 Å². The van der Waals surface area contributed by atoms with E-state index in [0.717, 1.165) is 11.1 Å². The predicted octanol–water partition coefficient (Wildman–Crippen LogP) is 2.03. The number of nitrogens with one attached hydrogen (secondary N) is 1. The first-order chi connectivity index (χ1) is 13.7. The fourth-order valence-electron chi connectivity index (χ4n) is 2.70. The highest BCUT2D eigenvalue weighted by Gasteiger charge is 2.29. The van der Waals surface area contributed by atoms with Crippen LogP contribution in [0.2, 0.25) is 0 Å². The first-order valence-electron chi connectivity index (χ1n) is 9.30. The smallest absolute Gasteiger partial charge is 0.345 e. The molecule has 0 saturated carbocycles. The van der Waals surface area contributed by atoms with E-state index in [4.69, 9.17) is 10.5 Å². The van der Waals surface area contributed by atoms with Crippen molar-refractivity contribution in [2.75, 3.05) is 6.61 Å². The Morgan fingerprint density at radius 2 is 1.62 bits per heavy atom. The second-order valence-electron chi connectivity index (χ2n) is 7.40. The Kier molecular flexibility index (Phi) is 7.64. The van der Waals surface area contributed by atoms with Crippen LogP contribution in [0.3, 0.4) is 0 Å². The number of hydrogen-bond donors (Lipinski definition) is 3. The van der Waals surface area contributed by atoms with E-state index in [-0.39, 0.29) is 25.0 Å². The van der Waals surface area contributed by atoms with E-state index in [1.54, 1.807) is 38.1 Å². The minimum Gasteiger partial charge on any atom is -0.394 e. The van der Waals surface area contributed by atoms with E-state index in [1.807, 2.05) is 30.3 Å². The van der Waals surface area contributed by atoms with E-state index in [1.165, 1.54) is 0 Å². The van der Waals surface area contributed by atoms with Gasteiger partial charge in [-0.1, -0.05) is 42.5 Å². The number of amides is 1. The maximum atomic E-state index is 12.5. The lowest BCUT2D eigenvalue weighted by molar-refractivity contribution is -0.141. The molecule has 0 aromatic heterocycles. The molecule has 2 rings (SSSR count). The van der Waals surface area contributed by atoms with Crippen LogP contribution in [0.25, 0.3) is 11.1 Å². The lowest BCUT2D eigenvalue weighted by Crippen LogP contribution is -2.52. The molecule has 0 saturated heterocycles. The SMILES string of the molecule is CC(C)(CO)N[C@@H](CCC(N)=O)C(=O)OC(=O)c1ccc(-c2ccccc2)cc1. The molecule has 0 radical (unpaired) electrons. The van der Waals surface area contributed by atoms with Gasteiger partial charge in [-0.15, -0.1) is 0 Å². The number of carbonyl (C=O) groups is 3. The number of benzene rings is 2. The molecule has 0 aliphatic rings. The third-order valence-electron chi connectivity index (χ3n) is 4.35. The van der Waals surface area contributed by atoms with Crippen molar-refractivity contribution in [3.63, 3.8) is 0 Å². The molecule has 1 amide bonds. The molecule has 29 heavy (non-hydrogen) atoms. The van der Waals surface area contributed by atoms with Crippen molar-refractivity contribution < 1.29 is 24.2 Å². The highest BCUT2D eigenvalue weighted by molar-refractivity contribution is 5.98. The molecule has 0 heterocycles. The van der Waals surface area contributed by atoms with Crippen molar-refractivity contribution in [2.24, 2.45) is 5.73 Å². The maximum Gasteiger partial charge on any atom is 0.345 e. The van der Waals surface area contributed by atoms with Gasteiger partial charge in [-0.25, -0.2) is 9.59 Å². The summed E-state index contributed by atoms with van der Waals surface area (Å²) < 4.78 is 4.99. The number of hydrogen-bond acceptors (Lipinski definition) is 6. The molecule has 0 unspecified atom stereocenters. The highest BCUT2D eigenvalue weighted by atomic mass is 16.6. The molecular formula is C22H26N2O5. The fraction of sp³-hybridized carbons (Fsp3) is 0.318. The summed E-state index contributed by atoms with van der Waals surface area (Å²) in [4.78, 5) is 35.9. The molecule has 2 aromatic rings. The zero-order valence-electron chi connectivity index (χ0n) is 16.6. The van der Waals surface area contributed by atoms with Crippen LogP contribution in [0.4, 0.5) is 0 Å². The van der Waals surface area contributed by atoms with Crippen LogP contribution in [0.1, 0.15) is 37.0 Å². The van der Waals surface area contributed by atoms with Crippen LogP contribution in [0.15, 0.2) is 54.6 Å². The Labute approximate surface area is 169 Å². The first-order valence-corrected chi connectivity index (χ1v) is 9.30. The van der Waals surface area contributed by atoms with Gasteiger partial charge in [0.2, 0.25) is 5.91 Å². The molecule has 154 valence electrons. The van der Waals surface area contributed by atoms with Crippen LogP contribution in [0.5, 0.6) is 0 Å². The van der Waals surface area contributed by atoms with E-state index < -0.39 is 29.4 Å². The molecule has 0 spiro atoms. The second-order valence-corrected chi connectivity index (χ2v) is 7.40. The van der Waals surface area contributed by atoms with Crippen molar-refractivity contribution in [2.45, 2.75) is 38.3 Å². The Morgan fingerprint density at radius 1 is 1.03 bits per heavy atom. The van der Waals surface area contributed by atoms with Gasteiger partial charge in [0.25, 0.3) is 0 Å². The zero-order chi connectivity index (χ0) is 21.4. The first kappa shape index (κ1) is 22.3. The van der Waals surface area contributed by atoms with Crippen molar-refractivity contribution in [3.05, 3.63) is 60.2 Å². The van der Waals surface area contributed by atoms with Gasteiger partial charge in [-0.2, -0.15) is 0 Å². The van der Waals surface area contributed by atoms with Gasteiger partial charge in [-0.3, -0.25) is 10.1 Å². The molecule has 0 aliphatic carbocycles. The van der Waals surface area contributed by atoms with E-state index in [0.29, 0.717) is 0 Å². The minimum atomic E-state index is -0.961. The summed E-state index contributed by atoms with van der Waals surface area (Å²) in [5.74, 6) is -2.19. The van der Waals surface area contributed by atoms with Crippen molar-refractivity contribution >= 4 is 17.8 Å². The zero-order valence-corrected chi connectivity index (χ0v) is 16.6. The second kappa shape index (κ2) is 9.95. The Balaban J connectivity index is 2.07. The van der Waals surface area contributed by atoms with Gasteiger partial charge in [-0.05, 0) is 43.5 Å². The molecule has 2 aromatic carbocycles. The number of aliphatic hydroxyl groups is 1. The minimum absolute atomic E-state index is 0.0534. The Morgan fingerprint density at radius 3 is 2.17 bits per heavy atom. The lowest BCUT2D eigenvalue weighted by atomic mass is 10.0. The maximum absolute atomic E-state index is 12.5. The number of carbonyl (C=O) groups excluding carboxylic acids is 3. The molecule has 7 heteroatoms. The Bertz CT molecular complexity index is 847. The standard InChI is InChI=1S/C22H26N2O5/c1-22(2,14-25)24-18(12-13-19(23)26)21(28)29-20(27)17-10-8-16(9-11-17)15-6-4-3-5-7-15/h3-11,18,24-25H,12-14H2,1-2H3,(H2,23,26)/t18-/m0/s1. The molecule has 1 atom stereocenters. The third-order valence-corrected chi connectivity index (χ3v) is 4.35. The average molecular weight is 398 g/mol. The van der Waals surface area contributed by atoms with Crippen molar-refractivity contribution in [1.29, 1.82) is 0 Å². The summed E-state index contributed by atoms with van der Waals surface area (Å²) in [6, 6.07) is 15.4. The molecule has 4 N–H and O–H groups in total. The van der Waals surface area contributed by atoms with E-state index in [9.17, 15) is 19.5 Å². The number of nitrogens with two attached hydrogens (primary N) is 1. The molecule has 0 aliphatic heterocycles. The summed E-state index contributed by atoms with van der Waals surface area (Å²) in [5, 5.41) is 12.3. The lowest BCUT2D eigenvalue weighted by Gasteiger charge is -2.28. The van der Waals surface area contributed by atoms with Crippen LogP contribution >= 0.6 is 0 Å². The largest absolute Gasteiger partial charge is 0.394 e. The molecule has 0 fully saturated rings. The number of aliphatic hydroxyl groups excluding tert-OH is 1. The van der Waals surface area contributed by atoms with Crippen LogP contribution in [-0.2, 0) is 14.3 Å². The van der Waals surface area contributed by atoms with Gasteiger partial charge < -0.3 is 15.6 Å². The van der Waals surface area contributed by atoms with Gasteiger partial charge in [0.15, 0.2) is 0 Å². The third kappa shape index (κ3) is 6.81.